The molecule has 2 atom stereocenters. The summed E-state index contributed by atoms with van der Waals surface area (Å²) >= 11 is 0. The SMILES string of the molecule is CC[C@H](C)[C@H](NS(=O)(=O)c1ccn[nH]1)C(=O)OC(C)(C)C. The van der Waals surface area contributed by atoms with E-state index >= 15 is 0 Å². The van der Waals surface area contributed by atoms with Crippen LogP contribution in [0.4, 0.5) is 0 Å². The Bertz CT molecular complexity index is 561. The first-order valence-electron chi connectivity index (χ1n) is 6.81. The summed E-state index contributed by atoms with van der Waals surface area (Å²) in [5.41, 5.74) is -0.678. The Morgan fingerprint density at radius 3 is 2.52 bits per heavy atom. The van der Waals surface area contributed by atoms with Gasteiger partial charge in [0.15, 0.2) is 5.03 Å². The van der Waals surface area contributed by atoms with Crippen molar-refractivity contribution in [2.45, 2.75) is 57.7 Å². The van der Waals surface area contributed by atoms with Crippen LogP contribution in [0.15, 0.2) is 17.3 Å². The molecule has 0 unspecified atom stereocenters. The Labute approximate surface area is 125 Å². The topological polar surface area (TPSA) is 101 Å². The summed E-state index contributed by atoms with van der Waals surface area (Å²) in [5, 5.41) is 5.90. The molecule has 0 radical (unpaired) electrons. The number of ether oxygens (including phenoxy) is 1. The van der Waals surface area contributed by atoms with E-state index in [-0.39, 0.29) is 10.9 Å². The third-order valence-corrected chi connectivity index (χ3v) is 4.29. The molecule has 0 fully saturated rings. The number of hydrogen-bond acceptors (Lipinski definition) is 5. The van der Waals surface area contributed by atoms with Crippen LogP contribution in [0.2, 0.25) is 0 Å². The lowest BCUT2D eigenvalue weighted by atomic mass is 10.00. The smallest absolute Gasteiger partial charge is 0.324 e. The lowest BCUT2D eigenvalue weighted by Gasteiger charge is -2.27. The summed E-state index contributed by atoms with van der Waals surface area (Å²) in [6.45, 7) is 8.89. The van der Waals surface area contributed by atoms with E-state index in [2.05, 4.69) is 14.9 Å². The number of esters is 1. The van der Waals surface area contributed by atoms with Crippen molar-refractivity contribution in [3.05, 3.63) is 12.3 Å². The van der Waals surface area contributed by atoms with E-state index in [0.717, 1.165) is 0 Å². The van der Waals surface area contributed by atoms with Crippen molar-refractivity contribution in [2.75, 3.05) is 0 Å². The van der Waals surface area contributed by atoms with Crippen molar-refractivity contribution in [1.29, 1.82) is 0 Å². The number of carbonyl (C=O) groups is 1. The average Bonchev–Trinajstić information content (AvgIpc) is 2.87. The number of carbonyl (C=O) groups excluding carboxylic acids is 1. The van der Waals surface area contributed by atoms with Crippen molar-refractivity contribution in [1.82, 2.24) is 14.9 Å². The summed E-state index contributed by atoms with van der Waals surface area (Å²) < 4.78 is 32.1. The van der Waals surface area contributed by atoms with Crippen molar-refractivity contribution in [3.63, 3.8) is 0 Å². The minimum atomic E-state index is -3.84. The predicted molar refractivity (Wildman–Crippen MR) is 78.0 cm³/mol. The number of rotatable bonds is 6. The molecule has 1 heterocycles. The first-order valence-corrected chi connectivity index (χ1v) is 8.29. The molecule has 0 aliphatic rings. The molecule has 0 aliphatic heterocycles. The van der Waals surface area contributed by atoms with Crippen LogP contribution in [-0.2, 0) is 19.6 Å². The maximum atomic E-state index is 12.2. The van der Waals surface area contributed by atoms with Gasteiger partial charge in [-0.25, -0.2) is 8.42 Å². The molecule has 8 heteroatoms. The third kappa shape index (κ3) is 5.13. The minimum Gasteiger partial charge on any atom is -0.459 e. The molecular formula is C13H23N3O4S. The van der Waals surface area contributed by atoms with Gasteiger partial charge in [0.1, 0.15) is 11.6 Å². The fourth-order valence-corrected chi connectivity index (χ4v) is 2.82. The Morgan fingerprint density at radius 1 is 1.48 bits per heavy atom. The van der Waals surface area contributed by atoms with Crippen LogP contribution in [0.3, 0.4) is 0 Å². The first-order chi connectivity index (χ1) is 9.57. The molecule has 0 saturated carbocycles. The maximum Gasteiger partial charge on any atom is 0.324 e. The number of hydrogen-bond donors (Lipinski definition) is 2. The molecule has 1 rings (SSSR count). The van der Waals surface area contributed by atoms with Gasteiger partial charge in [-0.15, -0.1) is 0 Å². The Morgan fingerprint density at radius 2 is 2.10 bits per heavy atom. The van der Waals surface area contributed by atoms with Crippen molar-refractivity contribution >= 4 is 16.0 Å². The van der Waals surface area contributed by atoms with Gasteiger partial charge in [0.2, 0.25) is 0 Å². The molecule has 7 nitrogen and oxygen atoms in total. The van der Waals surface area contributed by atoms with Gasteiger partial charge in [-0.3, -0.25) is 9.89 Å². The minimum absolute atomic E-state index is 0.0839. The fourth-order valence-electron chi connectivity index (χ4n) is 1.62. The number of aromatic amines is 1. The van der Waals surface area contributed by atoms with Crippen molar-refractivity contribution < 1.29 is 17.9 Å². The Hall–Kier alpha value is -1.41. The van der Waals surface area contributed by atoms with Crippen molar-refractivity contribution in [3.8, 4) is 0 Å². The Kier molecular flexibility index (Phi) is 5.52. The highest BCUT2D eigenvalue weighted by molar-refractivity contribution is 7.89. The zero-order chi connectivity index (χ0) is 16.3. The lowest BCUT2D eigenvalue weighted by Crippen LogP contribution is -2.47. The van der Waals surface area contributed by atoms with Gasteiger partial charge < -0.3 is 4.74 Å². The second-order valence-corrected chi connectivity index (χ2v) is 7.62. The van der Waals surface area contributed by atoms with Crippen LogP contribution in [-0.4, -0.2) is 36.2 Å². The summed E-state index contributed by atoms with van der Waals surface area (Å²) in [6.07, 6.45) is 1.97. The van der Waals surface area contributed by atoms with E-state index in [9.17, 15) is 13.2 Å². The van der Waals surface area contributed by atoms with E-state index < -0.39 is 27.6 Å². The zero-order valence-electron chi connectivity index (χ0n) is 13.0. The van der Waals surface area contributed by atoms with Crippen LogP contribution < -0.4 is 4.72 Å². The molecule has 0 bridgehead atoms. The lowest BCUT2D eigenvalue weighted by molar-refractivity contribution is -0.158. The van der Waals surface area contributed by atoms with Crippen LogP contribution in [0.5, 0.6) is 0 Å². The molecule has 1 aromatic rings. The molecule has 0 spiro atoms. The van der Waals surface area contributed by atoms with Gasteiger partial charge >= 0.3 is 5.97 Å². The van der Waals surface area contributed by atoms with E-state index in [4.69, 9.17) is 4.74 Å². The highest BCUT2D eigenvalue weighted by Crippen LogP contribution is 2.17. The van der Waals surface area contributed by atoms with Gasteiger partial charge in [-0.2, -0.15) is 9.82 Å². The molecule has 0 amide bonds. The molecule has 1 aromatic heterocycles. The normalized spacial score (nSPS) is 15.5. The molecule has 0 aromatic carbocycles. The predicted octanol–water partition coefficient (Wildman–Crippen LogP) is 1.44. The number of H-pyrrole nitrogens is 1. The monoisotopic (exact) mass is 317 g/mol. The van der Waals surface area contributed by atoms with Gasteiger partial charge in [-0.05, 0) is 32.8 Å². The molecular weight excluding hydrogens is 294 g/mol. The van der Waals surface area contributed by atoms with E-state index in [1.807, 2.05) is 6.92 Å². The van der Waals surface area contributed by atoms with Gasteiger partial charge in [0, 0.05) is 0 Å². The molecule has 0 aliphatic carbocycles. The first kappa shape index (κ1) is 17.6. The summed E-state index contributed by atoms with van der Waals surface area (Å²) in [7, 11) is -3.84. The quantitative estimate of drug-likeness (QED) is 0.773. The highest BCUT2D eigenvalue weighted by Gasteiger charge is 2.33. The number of sulfonamides is 1. The third-order valence-electron chi connectivity index (χ3n) is 2.92. The van der Waals surface area contributed by atoms with E-state index in [1.165, 1.54) is 12.3 Å². The van der Waals surface area contributed by atoms with Gasteiger partial charge in [0.05, 0.1) is 6.20 Å². The number of aromatic nitrogens is 2. The number of nitrogens with one attached hydrogen (secondary N) is 2. The Balaban J connectivity index is 2.97. The van der Waals surface area contributed by atoms with Crippen LogP contribution >= 0.6 is 0 Å². The summed E-state index contributed by atoms with van der Waals surface area (Å²) in [5.74, 6) is -0.780. The van der Waals surface area contributed by atoms with Gasteiger partial charge in [0.25, 0.3) is 10.0 Å². The highest BCUT2D eigenvalue weighted by atomic mass is 32.2. The standard InChI is InChI=1S/C13H23N3O4S/c1-6-9(2)11(12(17)20-13(3,4)5)16-21(18,19)10-7-8-14-15-10/h7-9,11,16H,6H2,1-5H3,(H,14,15)/t9-,11-/m0/s1. The van der Waals surface area contributed by atoms with Crippen LogP contribution in [0, 0.1) is 5.92 Å². The van der Waals surface area contributed by atoms with E-state index in [0.29, 0.717) is 6.42 Å². The molecule has 120 valence electrons. The number of nitrogens with zero attached hydrogens (tertiary/aromatic N) is 1. The zero-order valence-corrected chi connectivity index (χ0v) is 13.8. The second kappa shape index (κ2) is 6.57. The molecule has 2 N–H and O–H groups in total. The summed E-state index contributed by atoms with van der Waals surface area (Å²) in [4.78, 5) is 12.2. The molecule has 0 saturated heterocycles. The van der Waals surface area contributed by atoms with E-state index in [1.54, 1.807) is 27.7 Å². The molecule has 21 heavy (non-hydrogen) atoms. The fraction of sp³-hybridized carbons (Fsp3) is 0.692. The summed E-state index contributed by atoms with van der Waals surface area (Å²) in [6, 6.07) is 0.382. The van der Waals surface area contributed by atoms with Crippen LogP contribution in [0.1, 0.15) is 41.0 Å². The van der Waals surface area contributed by atoms with Crippen molar-refractivity contribution in [2.24, 2.45) is 5.92 Å². The largest absolute Gasteiger partial charge is 0.459 e. The average molecular weight is 317 g/mol. The van der Waals surface area contributed by atoms with Crippen LogP contribution in [0.25, 0.3) is 0 Å². The van der Waals surface area contributed by atoms with Gasteiger partial charge in [-0.1, -0.05) is 20.3 Å². The second-order valence-electron chi connectivity index (χ2n) is 5.94. The maximum absolute atomic E-state index is 12.2.